The topological polar surface area (TPSA) is 146 Å². The summed E-state index contributed by atoms with van der Waals surface area (Å²) < 4.78 is 13.7. The highest BCUT2D eigenvalue weighted by Crippen LogP contribution is 2.43. The summed E-state index contributed by atoms with van der Waals surface area (Å²) in [5.41, 5.74) is 7.08. The van der Waals surface area contributed by atoms with Gasteiger partial charge in [0.05, 0.1) is 6.04 Å². The number of aliphatic carboxylic acids is 2. The number of fused-ring (bicyclic) bond motifs is 1. The monoisotopic (exact) mass is 446 g/mol. The molecule has 32 heavy (non-hydrogen) atoms. The zero-order chi connectivity index (χ0) is 23.8. The van der Waals surface area contributed by atoms with Crippen molar-refractivity contribution in [2.24, 2.45) is 11.8 Å². The van der Waals surface area contributed by atoms with E-state index < -0.39 is 11.9 Å². The first kappa shape index (κ1) is 24.7. The minimum absolute atomic E-state index is 0.0761. The molecule has 1 amide bonds. The van der Waals surface area contributed by atoms with E-state index >= 15 is 0 Å². The van der Waals surface area contributed by atoms with Crippen LogP contribution in [-0.2, 0) is 9.59 Å². The predicted molar refractivity (Wildman–Crippen MR) is 115 cm³/mol. The van der Waals surface area contributed by atoms with Gasteiger partial charge in [0.25, 0.3) is 17.8 Å². The van der Waals surface area contributed by atoms with Gasteiger partial charge >= 0.3 is 0 Å². The van der Waals surface area contributed by atoms with Crippen LogP contribution < -0.4 is 11.1 Å². The van der Waals surface area contributed by atoms with Crippen LogP contribution in [0.3, 0.4) is 0 Å². The Labute approximate surface area is 185 Å². The average molecular weight is 446 g/mol. The SMILES string of the molecule is CC(=O)O.CC(=O)O.Nc1cc(C(=O)N2C[C@@H]3CNC[C@@H]3[C@H]2c2cccc(F)c2)ccn1. The molecule has 2 aliphatic rings. The van der Waals surface area contributed by atoms with Crippen LogP contribution in [0, 0.1) is 17.7 Å². The minimum atomic E-state index is -0.833. The number of carboxylic acids is 2. The van der Waals surface area contributed by atoms with Crippen molar-refractivity contribution in [1.29, 1.82) is 0 Å². The van der Waals surface area contributed by atoms with E-state index in [0.717, 1.165) is 32.5 Å². The summed E-state index contributed by atoms with van der Waals surface area (Å²) in [4.78, 5) is 36.8. The lowest BCUT2D eigenvalue weighted by Gasteiger charge is -2.28. The lowest BCUT2D eigenvalue weighted by molar-refractivity contribution is -0.135. The van der Waals surface area contributed by atoms with Gasteiger partial charge in [-0.25, -0.2) is 9.37 Å². The molecule has 9 nitrogen and oxygen atoms in total. The van der Waals surface area contributed by atoms with Crippen LogP contribution in [0.5, 0.6) is 0 Å². The van der Waals surface area contributed by atoms with Gasteiger partial charge in [-0.15, -0.1) is 0 Å². The average Bonchev–Trinajstić information content (AvgIpc) is 3.27. The molecule has 1 aromatic carbocycles. The summed E-state index contributed by atoms with van der Waals surface area (Å²) in [6.07, 6.45) is 1.54. The second-order valence-corrected chi connectivity index (χ2v) is 7.55. The molecule has 2 aromatic rings. The molecule has 0 saturated carbocycles. The number of hydrogen-bond acceptors (Lipinski definition) is 6. The quantitative estimate of drug-likeness (QED) is 0.548. The highest BCUT2D eigenvalue weighted by atomic mass is 19.1. The number of benzene rings is 1. The van der Waals surface area contributed by atoms with Crippen molar-refractivity contribution in [3.63, 3.8) is 0 Å². The fourth-order valence-corrected chi connectivity index (χ4v) is 3.99. The highest BCUT2D eigenvalue weighted by Gasteiger charge is 2.46. The molecule has 0 unspecified atom stereocenters. The van der Waals surface area contributed by atoms with E-state index in [-0.39, 0.29) is 17.8 Å². The number of nitrogens with two attached hydrogens (primary N) is 1. The van der Waals surface area contributed by atoms with Gasteiger partial charge in [-0.2, -0.15) is 0 Å². The van der Waals surface area contributed by atoms with Crippen LogP contribution in [0.15, 0.2) is 42.6 Å². The summed E-state index contributed by atoms with van der Waals surface area (Å²) in [7, 11) is 0. The third kappa shape index (κ3) is 6.74. The van der Waals surface area contributed by atoms with E-state index in [4.69, 9.17) is 25.5 Å². The van der Waals surface area contributed by atoms with Gasteiger partial charge in [-0.05, 0) is 35.7 Å². The Morgan fingerprint density at radius 3 is 2.38 bits per heavy atom. The second kappa shape index (κ2) is 11.2. The minimum Gasteiger partial charge on any atom is -0.481 e. The molecule has 1 aromatic heterocycles. The van der Waals surface area contributed by atoms with Crippen molar-refractivity contribution in [2.75, 3.05) is 25.4 Å². The number of rotatable bonds is 2. The van der Waals surface area contributed by atoms with Crippen LogP contribution in [-0.4, -0.2) is 57.6 Å². The van der Waals surface area contributed by atoms with Crippen LogP contribution in [0.2, 0.25) is 0 Å². The molecule has 4 rings (SSSR count). The number of aromatic nitrogens is 1. The number of amides is 1. The largest absolute Gasteiger partial charge is 0.481 e. The normalized spacial score (nSPS) is 20.8. The molecule has 3 atom stereocenters. The fourth-order valence-electron chi connectivity index (χ4n) is 3.99. The number of carboxylic acid groups (broad SMARTS) is 2. The van der Waals surface area contributed by atoms with Gasteiger partial charge in [-0.3, -0.25) is 14.4 Å². The van der Waals surface area contributed by atoms with Gasteiger partial charge in [0, 0.05) is 51.2 Å². The Kier molecular flexibility index (Phi) is 8.65. The number of nitrogen functional groups attached to an aromatic ring is 1. The lowest BCUT2D eigenvalue weighted by atomic mass is 9.89. The Hall–Kier alpha value is -3.53. The van der Waals surface area contributed by atoms with Crippen LogP contribution in [0.1, 0.15) is 35.8 Å². The maximum atomic E-state index is 13.7. The van der Waals surface area contributed by atoms with Crippen LogP contribution >= 0.6 is 0 Å². The van der Waals surface area contributed by atoms with Gasteiger partial charge in [0.2, 0.25) is 0 Å². The molecule has 0 bridgehead atoms. The number of halogens is 1. The van der Waals surface area contributed by atoms with Crippen molar-refractivity contribution in [3.05, 3.63) is 59.5 Å². The van der Waals surface area contributed by atoms with Crippen molar-refractivity contribution < 1.29 is 29.0 Å². The molecule has 0 spiro atoms. The maximum absolute atomic E-state index is 13.7. The molecule has 3 heterocycles. The van der Waals surface area contributed by atoms with E-state index in [0.29, 0.717) is 29.8 Å². The Balaban J connectivity index is 0.000000395. The Bertz CT molecular complexity index is 951. The number of nitrogens with one attached hydrogen (secondary N) is 1. The standard InChI is InChI=1S/C18H19FN4O.2C2H4O2/c19-14-3-1-2-11(6-14)17-15-9-21-8-13(15)10-23(17)18(24)12-4-5-22-16(20)7-12;2*1-2(3)4/h1-7,13,15,17,21H,8-10H2,(H2,20,22);2*1H3,(H,3,4)/t13-,15-,17+;;/m0../s1. The fraction of sp³-hybridized carbons (Fsp3) is 0.364. The third-order valence-electron chi connectivity index (χ3n) is 5.04. The molecule has 2 aliphatic heterocycles. The summed E-state index contributed by atoms with van der Waals surface area (Å²) >= 11 is 0. The lowest BCUT2D eigenvalue weighted by Crippen LogP contribution is -2.34. The number of pyridine rings is 1. The molecule has 0 aliphatic carbocycles. The number of nitrogens with zero attached hydrogens (tertiary/aromatic N) is 2. The Morgan fingerprint density at radius 2 is 1.78 bits per heavy atom. The predicted octanol–water partition coefficient (Wildman–Crippen LogP) is 2.02. The maximum Gasteiger partial charge on any atom is 0.300 e. The molecular weight excluding hydrogens is 419 g/mol. The molecule has 10 heteroatoms. The first-order valence-electron chi connectivity index (χ1n) is 9.98. The number of anilines is 1. The molecule has 2 saturated heterocycles. The van der Waals surface area contributed by atoms with Gasteiger partial charge in [0.1, 0.15) is 11.6 Å². The van der Waals surface area contributed by atoms with Crippen molar-refractivity contribution >= 4 is 23.7 Å². The van der Waals surface area contributed by atoms with E-state index in [2.05, 4.69) is 10.3 Å². The van der Waals surface area contributed by atoms with Crippen molar-refractivity contribution in [2.45, 2.75) is 19.9 Å². The Morgan fingerprint density at radius 1 is 1.12 bits per heavy atom. The molecular formula is C22H27FN4O5. The van der Waals surface area contributed by atoms with Gasteiger partial charge in [0.15, 0.2) is 0 Å². The smallest absolute Gasteiger partial charge is 0.300 e. The highest BCUT2D eigenvalue weighted by molar-refractivity contribution is 5.95. The van der Waals surface area contributed by atoms with E-state index in [1.807, 2.05) is 11.0 Å². The molecule has 0 radical (unpaired) electrons. The second-order valence-electron chi connectivity index (χ2n) is 7.55. The zero-order valence-electron chi connectivity index (χ0n) is 17.9. The van der Waals surface area contributed by atoms with E-state index in [1.165, 1.54) is 18.3 Å². The van der Waals surface area contributed by atoms with Gasteiger partial charge < -0.3 is 26.2 Å². The van der Waals surface area contributed by atoms with E-state index in [1.54, 1.807) is 18.2 Å². The molecule has 5 N–H and O–H groups in total. The summed E-state index contributed by atoms with van der Waals surface area (Å²) in [6, 6.07) is 9.71. The van der Waals surface area contributed by atoms with E-state index in [9.17, 15) is 9.18 Å². The number of hydrogen-bond donors (Lipinski definition) is 4. The van der Waals surface area contributed by atoms with Gasteiger partial charge in [-0.1, -0.05) is 12.1 Å². The molecule has 2 fully saturated rings. The van der Waals surface area contributed by atoms with Crippen LogP contribution in [0.25, 0.3) is 0 Å². The summed E-state index contributed by atoms with van der Waals surface area (Å²) in [5.74, 6) is -1.00. The summed E-state index contributed by atoms with van der Waals surface area (Å²) in [5, 5.41) is 18.2. The van der Waals surface area contributed by atoms with Crippen LogP contribution in [0.4, 0.5) is 10.2 Å². The first-order chi connectivity index (χ1) is 15.1. The summed E-state index contributed by atoms with van der Waals surface area (Å²) in [6.45, 7) is 4.56. The number of likely N-dealkylation sites (tertiary alicyclic amines) is 1. The first-order valence-corrected chi connectivity index (χ1v) is 9.98. The third-order valence-corrected chi connectivity index (χ3v) is 5.04. The van der Waals surface area contributed by atoms with Crippen molar-refractivity contribution in [1.82, 2.24) is 15.2 Å². The number of carbonyl (C=O) groups excluding carboxylic acids is 1. The molecule has 172 valence electrons. The zero-order valence-corrected chi connectivity index (χ0v) is 17.9. The number of carbonyl (C=O) groups is 3. The van der Waals surface area contributed by atoms with Crippen molar-refractivity contribution in [3.8, 4) is 0 Å².